The van der Waals surface area contributed by atoms with Gasteiger partial charge < -0.3 is 4.74 Å². The van der Waals surface area contributed by atoms with Gasteiger partial charge >= 0.3 is 5.97 Å². The number of amides is 2. The molecule has 12 heteroatoms. The molecule has 2 amide bonds. The summed E-state index contributed by atoms with van der Waals surface area (Å²) < 4.78 is 5.33. The van der Waals surface area contributed by atoms with Crippen LogP contribution < -0.4 is 4.90 Å². The summed E-state index contributed by atoms with van der Waals surface area (Å²) >= 11 is 12.3. The van der Waals surface area contributed by atoms with Gasteiger partial charge in [-0.25, -0.2) is 9.78 Å². The van der Waals surface area contributed by atoms with Crippen molar-refractivity contribution in [2.75, 3.05) is 11.5 Å². The van der Waals surface area contributed by atoms with Gasteiger partial charge in [0.05, 0.1) is 44.2 Å². The number of hydrogen-bond donors (Lipinski definition) is 0. The zero-order valence-corrected chi connectivity index (χ0v) is 25.1. The van der Waals surface area contributed by atoms with Crippen LogP contribution in [0.25, 0.3) is 22.2 Å². The second kappa shape index (κ2) is 11.9. The average Bonchev–Trinajstić information content (AvgIpc) is 3.29. The molecular weight excluding hydrogens is 621 g/mol. The number of ether oxygens (including phenoxy) is 1. The van der Waals surface area contributed by atoms with Gasteiger partial charge in [-0.1, -0.05) is 66.5 Å². The Labute approximate surface area is 266 Å². The summed E-state index contributed by atoms with van der Waals surface area (Å²) in [5.74, 6) is -2.74. The van der Waals surface area contributed by atoms with Crippen molar-refractivity contribution >= 4 is 69.0 Å². The molecule has 1 fully saturated rings. The highest BCUT2D eigenvalue weighted by atomic mass is 35.5. The number of Topliss-reactive ketones (excluding diaryl/α,β-unsaturated/α-hetero) is 1. The minimum atomic E-state index is -0.835. The first-order chi connectivity index (χ1) is 21.5. The van der Waals surface area contributed by atoms with Crippen molar-refractivity contribution < 1.29 is 28.8 Å². The Bertz CT molecular complexity index is 1960. The molecule has 0 saturated carbocycles. The highest BCUT2D eigenvalue weighted by molar-refractivity contribution is 6.35. The third-order valence-corrected chi connectivity index (χ3v) is 8.73. The number of hydrogen-bond acceptors (Lipinski definition) is 8. The molecule has 6 rings (SSSR count). The summed E-state index contributed by atoms with van der Waals surface area (Å²) in [5.41, 5.74) is 1.31. The summed E-state index contributed by atoms with van der Waals surface area (Å²) in [4.78, 5) is 68.8. The Morgan fingerprint density at radius 1 is 1.02 bits per heavy atom. The molecular formula is C33H23Cl2N3O7. The van der Waals surface area contributed by atoms with Crippen LogP contribution in [-0.4, -0.2) is 40.1 Å². The van der Waals surface area contributed by atoms with E-state index in [9.17, 15) is 29.3 Å². The number of fused-ring (bicyclic) bond motifs is 2. The fourth-order valence-electron chi connectivity index (χ4n) is 5.83. The van der Waals surface area contributed by atoms with Crippen LogP contribution in [0.5, 0.6) is 0 Å². The van der Waals surface area contributed by atoms with Gasteiger partial charge in [-0.2, -0.15) is 0 Å². The second-order valence-electron chi connectivity index (χ2n) is 10.8. The van der Waals surface area contributed by atoms with Gasteiger partial charge in [-0.15, -0.1) is 0 Å². The van der Waals surface area contributed by atoms with Gasteiger partial charge in [0.1, 0.15) is 5.02 Å². The molecule has 4 aromatic rings. The number of esters is 1. The molecule has 45 heavy (non-hydrogen) atoms. The molecule has 1 aliphatic carbocycles. The van der Waals surface area contributed by atoms with E-state index < -0.39 is 29.0 Å². The lowest BCUT2D eigenvalue weighted by atomic mass is 9.78. The predicted octanol–water partition coefficient (Wildman–Crippen LogP) is 6.86. The largest absolute Gasteiger partial charge is 0.454 e. The fraction of sp³-hybridized carbons (Fsp3) is 0.182. The number of nitrogens with zero attached hydrogens (tertiary/aromatic N) is 3. The zero-order chi connectivity index (χ0) is 32.0. The Balaban J connectivity index is 1.27. The minimum absolute atomic E-state index is 0.0331. The number of carbonyl (C=O) groups excluding carboxylic acids is 4. The number of para-hydroxylation sites is 1. The first kappa shape index (κ1) is 30.1. The van der Waals surface area contributed by atoms with E-state index in [0.29, 0.717) is 34.3 Å². The number of anilines is 1. The lowest BCUT2D eigenvalue weighted by molar-refractivity contribution is -0.384. The van der Waals surface area contributed by atoms with Crippen LogP contribution in [-0.2, 0) is 14.3 Å². The third kappa shape index (κ3) is 5.47. The number of nitro groups is 1. The van der Waals surface area contributed by atoms with Gasteiger partial charge in [0, 0.05) is 22.6 Å². The second-order valence-corrected chi connectivity index (χ2v) is 11.6. The van der Waals surface area contributed by atoms with Crippen LogP contribution in [0.3, 0.4) is 0 Å². The Morgan fingerprint density at radius 2 is 1.78 bits per heavy atom. The molecule has 0 bridgehead atoms. The van der Waals surface area contributed by atoms with Gasteiger partial charge in [-0.05, 0) is 48.7 Å². The van der Waals surface area contributed by atoms with Crippen molar-refractivity contribution in [3.63, 3.8) is 0 Å². The van der Waals surface area contributed by atoms with E-state index in [4.69, 9.17) is 27.9 Å². The first-order valence-electron chi connectivity index (χ1n) is 13.9. The number of ketones is 1. The van der Waals surface area contributed by atoms with Crippen molar-refractivity contribution in [2.24, 2.45) is 17.8 Å². The Kier molecular flexibility index (Phi) is 7.94. The Hall–Kier alpha value is -4.93. The summed E-state index contributed by atoms with van der Waals surface area (Å²) in [7, 11) is 0. The highest BCUT2D eigenvalue weighted by Crippen LogP contribution is 2.41. The SMILES string of the molecule is CC1C=CCC2C(=O)N(c3ccc(-c4cc(C(=O)OCC(=O)c5ccc(Cl)c([N+](=O)[O-])c5)c5cccc(Cl)c5n4)cc3)C(=O)C12. The van der Waals surface area contributed by atoms with E-state index >= 15 is 0 Å². The Morgan fingerprint density at radius 3 is 2.49 bits per heavy atom. The van der Waals surface area contributed by atoms with Crippen molar-refractivity contribution in [2.45, 2.75) is 13.3 Å². The number of rotatable bonds is 7. The van der Waals surface area contributed by atoms with Gasteiger partial charge in [0.25, 0.3) is 5.69 Å². The topological polar surface area (TPSA) is 137 Å². The normalized spacial score (nSPS) is 19.1. The van der Waals surface area contributed by atoms with Crippen molar-refractivity contribution in [3.8, 4) is 11.3 Å². The molecule has 3 atom stereocenters. The maximum absolute atomic E-state index is 13.3. The maximum Gasteiger partial charge on any atom is 0.339 e. The number of imide groups is 1. The van der Waals surface area contributed by atoms with Crippen LogP contribution in [0, 0.1) is 27.9 Å². The molecule has 0 N–H and O–H groups in total. The van der Waals surface area contributed by atoms with E-state index in [-0.39, 0.29) is 50.7 Å². The molecule has 3 unspecified atom stereocenters. The standard InChI is InChI=1S/C33H23Cl2N3O7/c1-17-4-2-6-22-29(17)32(41)37(31(22)40)20-11-8-18(9-12-20)26-15-23(21-5-3-7-25(35)30(21)36-26)33(42)45-16-28(39)19-10-13-24(34)27(14-19)38(43)44/h2-5,7-15,17,22,29H,6,16H2,1H3. The minimum Gasteiger partial charge on any atom is -0.454 e. The van der Waals surface area contributed by atoms with Gasteiger partial charge in [0.2, 0.25) is 17.6 Å². The predicted molar refractivity (Wildman–Crippen MR) is 167 cm³/mol. The lowest BCUT2D eigenvalue weighted by Crippen LogP contribution is -2.31. The number of nitro benzene ring substituents is 1. The highest BCUT2D eigenvalue weighted by Gasteiger charge is 2.50. The smallest absolute Gasteiger partial charge is 0.339 e. The number of allylic oxidation sites excluding steroid dienone is 2. The summed E-state index contributed by atoms with van der Waals surface area (Å²) in [6.45, 7) is 1.25. The summed E-state index contributed by atoms with van der Waals surface area (Å²) in [6.07, 6.45) is 4.44. The summed E-state index contributed by atoms with van der Waals surface area (Å²) in [5, 5.41) is 11.7. The molecule has 1 aromatic heterocycles. The van der Waals surface area contributed by atoms with Crippen LogP contribution in [0.1, 0.15) is 34.1 Å². The maximum atomic E-state index is 13.3. The first-order valence-corrected chi connectivity index (χ1v) is 14.7. The molecule has 0 spiro atoms. The lowest BCUT2D eigenvalue weighted by Gasteiger charge is -2.22. The molecule has 1 aliphatic heterocycles. The van der Waals surface area contributed by atoms with E-state index in [1.54, 1.807) is 42.5 Å². The molecule has 3 aromatic carbocycles. The van der Waals surface area contributed by atoms with Crippen molar-refractivity contribution in [1.29, 1.82) is 0 Å². The summed E-state index contributed by atoms with van der Waals surface area (Å²) in [6, 6.07) is 16.7. The van der Waals surface area contributed by atoms with Crippen LogP contribution >= 0.6 is 23.2 Å². The van der Waals surface area contributed by atoms with Crippen molar-refractivity contribution in [3.05, 3.63) is 110 Å². The average molecular weight is 644 g/mol. The van der Waals surface area contributed by atoms with E-state index in [1.165, 1.54) is 23.1 Å². The van der Waals surface area contributed by atoms with Crippen LogP contribution in [0.15, 0.2) is 78.9 Å². The molecule has 2 aliphatic rings. The van der Waals surface area contributed by atoms with Gasteiger partial charge in [-0.3, -0.25) is 29.4 Å². The monoisotopic (exact) mass is 643 g/mol. The van der Waals surface area contributed by atoms with Crippen LogP contribution in [0.2, 0.25) is 10.0 Å². The number of aromatic nitrogens is 1. The number of benzene rings is 3. The van der Waals surface area contributed by atoms with Crippen molar-refractivity contribution in [1.82, 2.24) is 4.98 Å². The molecule has 2 heterocycles. The molecule has 10 nitrogen and oxygen atoms in total. The van der Waals surface area contributed by atoms with E-state index in [1.807, 2.05) is 19.1 Å². The van der Waals surface area contributed by atoms with Gasteiger partial charge in [0.15, 0.2) is 6.61 Å². The molecule has 0 radical (unpaired) electrons. The fourth-order valence-corrected chi connectivity index (χ4v) is 6.24. The third-order valence-electron chi connectivity index (χ3n) is 8.10. The van der Waals surface area contributed by atoms with E-state index in [2.05, 4.69) is 4.98 Å². The molecule has 1 saturated heterocycles. The van der Waals surface area contributed by atoms with E-state index in [0.717, 1.165) is 6.07 Å². The molecule has 226 valence electrons. The quantitative estimate of drug-likeness (QED) is 0.0532. The van der Waals surface area contributed by atoms with Crippen LogP contribution in [0.4, 0.5) is 11.4 Å². The number of pyridine rings is 1. The number of halogens is 2. The zero-order valence-electron chi connectivity index (χ0n) is 23.6. The number of carbonyl (C=O) groups is 4.